The molecule has 0 radical (unpaired) electrons. The summed E-state index contributed by atoms with van der Waals surface area (Å²) in [5.74, 6) is 0. The molecule has 0 aliphatic rings. The van der Waals surface area contributed by atoms with Gasteiger partial charge < -0.3 is 0 Å². The zero-order valence-corrected chi connectivity index (χ0v) is 26.8. The Morgan fingerprint density at radius 1 is 0.500 bits per heavy atom. The highest BCUT2D eigenvalue weighted by Crippen LogP contribution is 2.29. The Morgan fingerprint density at radius 2 is 0.925 bits per heavy atom. The van der Waals surface area contributed by atoms with Crippen LogP contribution in [0.2, 0.25) is 0 Å². The molecule has 0 amide bonds. The molecule has 2 aromatic rings. The topological polar surface area (TPSA) is 54.4 Å². The van der Waals surface area contributed by atoms with Crippen LogP contribution in [-0.2, 0) is 23.0 Å². The summed E-state index contributed by atoms with van der Waals surface area (Å²) in [5, 5.41) is 1.66. The van der Waals surface area contributed by atoms with E-state index in [0.29, 0.717) is 5.39 Å². The van der Waals surface area contributed by atoms with Gasteiger partial charge in [0, 0.05) is 5.39 Å². The van der Waals surface area contributed by atoms with Crippen molar-refractivity contribution in [2.45, 2.75) is 173 Å². The van der Waals surface area contributed by atoms with E-state index in [4.69, 9.17) is 0 Å². The lowest BCUT2D eigenvalue weighted by Gasteiger charge is -2.12. The number of benzene rings is 2. The Bertz CT molecular complexity index is 1030. The molecule has 1 N–H and O–H groups in total. The molecule has 2 aromatic carbocycles. The number of rotatable bonds is 25. The third-order valence-corrected chi connectivity index (χ3v) is 9.44. The van der Waals surface area contributed by atoms with E-state index < -0.39 is 10.1 Å². The lowest BCUT2D eigenvalue weighted by molar-refractivity contribution is 0.484. The van der Waals surface area contributed by atoms with E-state index in [-0.39, 0.29) is 4.90 Å². The van der Waals surface area contributed by atoms with Crippen molar-refractivity contribution in [3.05, 3.63) is 41.5 Å². The van der Waals surface area contributed by atoms with Crippen molar-refractivity contribution in [1.29, 1.82) is 0 Å². The first-order valence-corrected chi connectivity index (χ1v) is 18.4. The summed E-state index contributed by atoms with van der Waals surface area (Å²) in [6.07, 6.45) is 30.9. The highest BCUT2D eigenvalue weighted by Gasteiger charge is 2.16. The van der Waals surface area contributed by atoms with Crippen molar-refractivity contribution in [3.8, 4) is 0 Å². The Labute approximate surface area is 247 Å². The maximum Gasteiger partial charge on any atom is 0.295 e. The SMILES string of the molecule is CCCCCCCCCCCCCc1ccc2c(CCCCCCCCCCCCC)ccc(S(=O)(=O)O)c2c1. The molecule has 4 heteroatoms. The van der Waals surface area contributed by atoms with Gasteiger partial charge in [-0.3, -0.25) is 4.55 Å². The first-order valence-electron chi connectivity index (χ1n) is 17.0. The highest BCUT2D eigenvalue weighted by molar-refractivity contribution is 7.86. The van der Waals surface area contributed by atoms with Gasteiger partial charge in [-0.15, -0.1) is 0 Å². The number of hydrogen-bond donors (Lipinski definition) is 1. The largest absolute Gasteiger partial charge is 0.295 e. The number of unbranched alkanes of at least 4 members (excludes halogenated alkanes) is 20. The van der Waals surface area contributed by atoms with Crippen molar-refractivity contribution in [3.63, 3.8) is 0 Å². The summed E-state index contributed by atoms with van der Waals surface area (Å²) in [5.41, 5.74) is 2.36. The molecule has 0 unspecified atom stereocenters. The molecule has 3 nitrogen and oxygen atoms in total. The second-order valence-electron chi connectivity index (χ2n) is 12.1. The average Bonchev–Trinajstić information content (AvgIpc) is 2.93. The molecular weight excluding hydrogens is 512 g/mol. The average molecular weight is 573 g/mol. The minimum atomic E-state index is -4.25. The lowest BCUT2D eigenvalue weighted by atomic mass is 9.96. The zero-order chi connectivity index (χ0) is 28.9. The van der Waals surface area contributed by atoms with Gasteiger partial charge in [-0.25, -0.2) is 0 Å². The van der Waals surface area contributed by atoms with E-state index in [1.807, 2.05) is 12.1 Å². The van der Waals surface area contributed by atoms with E-state index in [0.717, 1.165) is 31.1 Å². The fraction of sp³-hybridized carbons (Fsp3) is 0.722. The van der Waals surface area contributed by atoms with Crippen LogP contribution in [-0.4, -0.2) is 13.0 Å². The van der Waals surface area contributed by atoms with Gasteiger partial charge >= 0.3 is 0 Å². The summed E-state index contributed by atoms with van der Waals surface area (Å²) >= 11 is 0. The van der Waals surface area contributed by atoms with Gasteiger partial charge in [-0.1, -0.05) is 160 Å². The van der Waals surface area contributed by atoms with Crippen molar-refractivity contribution in [2.24, 2.45) is 0 Å². The van der Waals surface area contributed by atoms with Gasteiger partial charge in [0.15, 0.2) is 0 Å². The molecule has 0 aromatic heterocycles. The molecule has 2 rings (SSSR count). The molecule has 0 saturated carbocycles. The lowest BCUT2D eigenvalue weighted by Crippen LogP contribution is -2.01. The summed E-state index contributed by atoms with van der Waals surface area (Å²) in [6, 6.07) is 9.78. The van der Waals surface area contributed by atoms with Crippen LogP contribution in [0.25, 0.3) is 10.8 Å². The third-order valence-electron chi connectivity index (χ3n) is 8.53. The second kappa shape index (κ2) is 21.3. The minimum absolute atomic E-state index is 0.0472. The molecule has 0 aliphatic heterocycles. The van der Waals surface area contributed by atoms with Crippen LogP contribution in [0, 0.1) is 0 Å². The quantitative estimate of drug-likeness (QED) is 0.0950. The molecule has 40 heavy (non-hydrogen) atoms. The van der Waals surface area contributed by atoms with Crippen LogP contribution in [0.1, 0.15) is 166 Å². The third kappa shape index (κ3) is 14.5. The molecule has 0 spiro atoms. The van der Waals surface area contributed by atoms with Crippen LogP contribution >= 0.6 is 0 Å². The Hall–Kier alpha value is -1.39. The van der Waals surface area contributed by atoms with E-state index >= 15 is 0 Å². The smallest absolute Gasteiger partial charge is 0.282 e. The first kappa shape index (κ1) is 34.8. The fourth-order valence-corrected chi connectivity index (χ4v) is 6.69. The molecule has 0 saturated heterocycles. The maximum atomic E-state index is 12.1. The number of fused-ring (bicyclic) bond motifs is 1. The van der Waals surface area contributed by atoms with E-state index in [2.05, 4.69) is 26.0 Å². The number of aryl methyl sites for hydroxylation is 2. The van der Waals surface area contributed by atoms with Crippen LogP contribution in [0.15, 0.2) is 35.2 Å². The summed E-state index contributed by atoms with van der Waals surface area (Å²) in [7, 11) is -4.25. The molecule has 0 atom stereocenters. The van der Waals surface area contributed by atoms with Gasteiger partial charge in [-0.2, -0.15) is 8.42 Å². The minimum Gasteiger partial charge on any atom is -0.282 e. The molecule has 0 heterocycles. The van der Waals surface area contributed by atoms with Gasteiger partial charge in [0.1, 0.15) is 4.90 Å². The van der Waals surface area contributed by atoms with E-state index in [1.165, 1.54) is 140 Å². The monoisotopic (exact) mass is 572 g/mol. The van der Waals surface area contributed by atoms with Crippen LogP contribution < -0.4 is 0 Å². The Kier molecular flexibility index (Phi) is 18.6. The van der Waals surface area contributed by atoms with Crippen LogP contribution in [0.3, 0.4) is 0 Å². The summed E-state index contributed by atoms with van der Waals surface area (Å²) in [4.78, 5) is 0.0472. The Morgan fingerprint density at radius 3 is 1.38 bits per heavy atom. The van der Waals surface area contributed by atoms with Gasteiger partial charge in [0.05, 0.1) is 0 Å². The Balaban J connectivity index is 1.78. The van der Waals surface area contributed by atoms with Gasteiger partial charge in [-0.05, 0) is 54.3 Å². The van der Waals surface area contributed by atoms with E-state index in [1.54, 1.807) is 6.07 Å². The first-order chi connectivity index (χ1) is 19.5. The van der Waals surface area contributed by atoms with Gasteiger partial charge in [0.2, 0.25) is 0 Å². The highest BCUT2D eigenvalue weighted by atomic mass is 32.2. The normalized spacial score (nSPS) is 12.0. The second-order valence-corrected chi connectivity index (χ2v) is 13.5. The van der Waals surface area contributed by atoms with E-state index in [9.17, 15) is 13.0 Å². The molecular formula is C36H60O3S. The molecule has 0 aliphatic carbocycles. The summed E-state index contributed by atoms with van der Waals surface area (Å²) < 4.78 is 34.2. The van der Waals surface area contributed by atoms with Crippen molar-refractivity contribution < 1.29 is 13.0 Å². The molecule has 0 bridgehead atoms. The standard InChI is InChI=1S/C36H60O3S/c1-3-5-7-9-11-13-15-17-19-21-23-25-32-27-29-34-33(28-30-36(35(34)31-32)40(37,38)39)26-24-22-20-18-16-14-12-10-8-6-4-2/h27-31H,3-26H2,1-2H3,(H,37,38,39). The predicted molar refractivity (Wildman–Crippen MR) is 174 cm³/mol. The van der Waals surface area contributed by atoms with Crippen molar-refractivity contribution in [1.82, 2.24) is 0 Å². The maximum absolute atomic E-state index is 12.1. The zero-order valence-electron chi connectivity index (χ0n) is 26.0. The fourth-order valence-electron chi connectivity index (χ4n) is 6.00. The molecule has 0 fully saturated rings. The predicted octanol–water partition coefficient (Wildman–Crippen LogP) is 11.8. The van der Waals surface area contributed by atoms with Gasteiger partial charge in [0.25, 0.3) is 10.1 Å². The van der Waals surface area contributed by atoms with Crippen LogP contribution in [0.4, 0.5) is 0 Å². The van der Waals surface area contributed by atoms with Crippen molar-refractivity contribution >= 4 is 20.9 Å². The van der Waals surface area contributed by atoms with Crippen molar-refractivity contribution in [2.75, 3.05) is 0 Å². The summed E-state index contributed by atoms with van der Waals surface area (Å²) in [6.45, 7) is 4.53. The van der Waals surface area contributed by atoms with Crippen LogP contribution in [0.5, 0.6) is 0 Å². The molecule has 228 valence electrons. The number of hydrogen-bond acceptors (Lipinski definition) is 2.